The number of benzene rings is 1. The fraction of sp³-hybridized carbons (Fsp3) is 0.368. The van der Waals surface area contributed by atoms with E-state index in [2.05, 4.69) is 58.3 Å². The monoisotopic (exact) mass is 306 g/mol. The molecule has 4 nitrogen and oxygen atoms in total. The predicted molar refractivity (Wildman–Crippen MR) is 92.9 cm³/mol. The number of rotatable bonds is 2. The molecule has 2 unspecified atom stereocenters. The first-order valence-corrected chi connectivity index (χ1v) is 8.33. The molecule has 0 spiro atoms. The third kappa shape index (κ3) is 2.58. The van der Waals surface area contributed by atoms with Crippen LogP contribution in [-0.4, -0.2) is 27.7 Å². The Morgan fingerprint density at radius 1 is 1.17 bits per heavy atom. The van der Waals surface area contributed by atoms with Crippen LogP contribution in [0.4, 0.5) is 5.82 Å². The van der Waals surface area contributed by atoms with Crippen molar-refractivity contribution < 1.29 is 0 Å². The number of aryl methyl sites for hydroxylation is 1. The number of anilines is 1. The van der Waals surface area contributed by atoms with Crippen molar-refractivity contribution in [1.82, 2.24) is 14.6 Å². The van der Waals surface area contributed by atoms with Gasteiger partial charge in [0.25, 0.3) is 0 Å². The summed E-state index contributed by atoms with van der Waals surface area (Å²) in [6.07, 6.45) is 4.94. The van der Waals surface area contributed by atoms with E-state index in [0.29, 0.717) is 11.8 Å². The molecule has 0 saturated carbocycles. The maximum atomic E-state index is 4.64. The Balaban J connectivity index is 1.60. The normalized spacial score (nSPS) is 21.7. The summed E-state index contributed by atoms with van der Waals surface area (Å²) in [6.45, 7) is 6.46. The lowest BCUT2D eigenvalue weighted by Gasteiger charge is -2.38. The van der Waals surface area contributed by atoms with E-state index in [1.165, 1.54) is 12.0 Å². The molecule has 2 atom stereocenters. The molecule has 1 saturated heterocycles. The van der Waals surface area contributed by atoms with Crippen LogP contribution in [-0.2, 0) is 0 Å². The lowest BCUT2D eigenvalue weighted by Crippen LogP contribution is -2.39. The maximum Gasteiger partial charge on any atom is 0.154 e. The third-order valence-corrected chi connectivity index (χ3v) is 4.92. The molecule has 0 radical (unpaired) electrons. The minimum atomic E-state index is 0.609. The molecule has 4 heteroatoms. The topological polar surface area (TPSA) is 33.4 Å². The summed E-state index contributed by atoms with van der Waals surface area (Å²) in [6, 6.07) is 13.0. The molecule has 1 aromatic carbocycles. The van der Waals surface area contributed by atoms with Gasteiger partial charge in [0.2, 0.25) is 0 Å². The molecule has 4 rings (SSSR count). The molecule has 0 bridgehead atoms. The number of aromatic nitrogens is 3. The van der Waals surface area contributed by atoms with Crippen LogP contribution in [0.25, 0.3) is 5.52 Å². The Bertz CT molecular complexity index is 809. The SMILES string of the molecule is Cc1cc2c(N3CCC(c4ccccc4)C(C)C3)nccn2n1. The average Bonchev–Trinajstić information content (AvgIpc) is 2.95. The fourth-order valence-corrected chi connectivity index (χ4v) is 3.81. The van der Waals surface area contributed by atoms with Crippen molar-refractivity contribution in [2.75, 3.05) is 18.0 Å². The molecule has 23 heavy (non-hydrogen) atoms. The summed E-state index contributed by atoms with van der Waals surface area (Å²) >= 11 is 0. The van der Waals surface area contributed by atoms with E-state index in [1.54, 1.807) is 0 Å². The van der Waals surface area contributed by atoms with Crippen molar-refractivity contribution in [3.8, 4) is 0 Å². The Labute approximate surface area is 136 Å². The van der Waals surface area contributed by atoms with Gasteiger partial charge in [-0.25, -0.2) is 9.50 Å². The van der Waals surface area contributed by atoms with E-state index in [1.807, 2.05) is 23.8 Å². The predicted octanol–water partition coefficient (Wildman–Crippen LogP) is 3.67. The van der Waals surface area contributed by atoms with Gasteiger partial charge in [0.05, 0.1) is 5.69 Å². The number of fused-ring (bicyclic) bond motifs is 1. The summed E-state index contributed by atoms with van der Waals surface area (Å²) < 4.78 is 1.94. The molecule has 0 N–H and O–H groups in total. The van der Waals surface area contributed by atoms with Crippen molar-refractivity contribution in [3.05, 3.63) is 60.0 Å². The van der Waals surface area contributed by atoms with E-state index < -0.39 is 0 Å². The summed E-state index contributed by atoms with van der Waals surface area (Å²) in [4.78, 5) is 7.06. The summed E-state index contributed by atoms with van der Waals surface area (Å²) in [5.41, 5.74) is 3.60. The molecule has 1 aliphatic rings. The Kier molecular flexibility index (Phi) is 3.52. The minimum absolute atomic E-state index is 0.609. The zero-order chi connectivity index (χ0) is 15.8. The first kappa shape index (κ1) is 14.2. The second kappa shape index (κ2) is 5.69. The van der Waals surface area contributed by atoms with Gasteiger partial charge in [-0.2, -0.15) is 5.10 Å². The lowest BCUT2D eigenvalue weighted by molar-refractivity contribution is 0.382. The van der Waals surface area contributed by atoms with Crippen molar-refractivity contribution in [3.63, 3.8) is 0 Å². The smallest absolute Gasteiger partial charge is 0.154 e. The highest BCUT2D eigenvalue weighted by Crippen LogP contribution is 2.35. The van der Waals surface area contributed by atoms with Crippen molar-refractivity contribution in [2.45, 2.75) is 26.2 Å². The highest BCUT2D eigenvalue weighted by atomic mass is 15.3. The average molecular weight is 306 g/mol. The third-order valence-electron chi connectivity index (χ3n) is 4.92. The van der Waals surface area contributed by atoms with Gasteiger partial charge in [0.1, 0.15) is 5.52 Å². The second-order valence-electron chi connectivity index (χ2n) is 6.60. The van der Waals surface area contributed by atoms with Crippen LogP contribution in [0.2, 0.25) is 0 Å². The van der Waals surface area contributed by atoms with Gasteiger partial charge in [0, 0.05) is 25.5 Å². The van der Waals surface area contributed by atoms with Crippen LogP contribution in [0, 0.1) is 12.8 Å². The summed E-state index contributed by atoms with van der Waals surface area (Å²) in [7, 11) is 0. The zero-order valence-electron chi connectivity index (χ0n) is 13.7. The molecule has 2 aromatic heterocycles. The molecule has 1 aliphatic heterocycles. The van der Waals surface area contributed by atoms with E-state index in [9.17, 15) is 0 Å². The Hall–Kier alpha value is -2.36. The Morgan fingerprint density at radius 3 is 2.78 bits per heavy atom. The standard InChI is InChI=1S/C19H22N4/c1-14-13-22(10-8-17(14)16-6-4-3-5-7-16)19-18-12-15(2)21-23(18)11-9-20-19/h3-7,9,11-12,14,17H,8,10,13H2,1-2H3. The minimum Gasteiger partial charge on any atom is -0.355 e. The number of hydrogen-bond donors (Lipinski definition) is 0. The van der Waals surface area contributed by atoms with Crippen molar-refractivity contribution >= 4 is 11.3 Å². The van der Waals surface area contributed by atoms with Gasteiger partial charge < -0.3 is 4.90 Å². The summed E-state index contributed by atoms with van der Waals surface area (Å²) in [5, 5.41) is 4.50. The highest BCUT2D eigenvalue weighted by Gasteiger charge is 2.28. The molecule has 1 fully saturated rings. The van der Waals surface area contributed by atoms with Gasteiger partial charge in [0.15, 0.2) is 5.82 Å². The van der Waals surface area contributed by atoms with Crippen molar-refractivity contribution in [1.29, 1.82) is 0 Å². The molecule has 3 heterocycles. The maximum absolute atomic E-state index is 4.64. The quantitative estimate of drug-likeness (QED) is 0.724. The molecule has 0 aliphatic carbocycles. The van der Waals surface area contributed by atoms with Gasteiger partial charge in [-0.05, 0) is 36.8 Å². The van der Waals surface area contributed by atoms with Gasteiger partial charge in [-0.15, -0.1) is 0 Å². The van der Waals surface area contributed by atoms with Gasteiger partial charge in [-0.3, -0.25) is 0 Å². The molecule has 118 valence electrons. The van der Waals surface area contributed by atoms with Crippen LogP contribution >= 0.6 is 0 Å². The van der Waals surface area contributed by atoms with E-state index >= 15 is 0 Å². The number of piperidine rings is 1. The lowest BCUT2D eigenvalue weighted by atomic mass is 9.81. The van der Waals surface area contributed by atoms with Crippen LogP contribution in [0.3, 0.4) is 0 Å². The Morgan fingerprint density at radius 2 is 2.00 bits per heavy atom. The van der Waals surface area contributed by atoms with Gasteiger partial charge in [-0.1, -0.05) is 37.3 Å². The van der Waals surface area contributed by atoms with Crippen LogP contribution in [0.5, 0.6) is 0 Å². The number of hydrogen-bond acceptors (Lipinski definition) is 3. The largest absolute Gasteiger partial charge is 0.355 e. The van der Waals surface area contributed by atoms with E-state index in [-0.39, 0.29) is 0 Å². The molecular formula is C19H22N4. The van der Waals surface area contributed by atoms with Crippen LogP contribution in [0.1, 0.15) is 30.5 Å². The summed E-state index contributed by atoms with van der Waals surface area (Å²) in [5.74, 6) is 2.31. The van der Waals surface area contributed by atoms with Crippen LogP contribution in [0.15, 0.2) is 48.8 Å². The number of nitrogens with zero attached hydrogens (tertiary/aromatic N) is 4. The molecular weight excluding hydrogens is 284 g/mol. The fourth-order valence-electron chi connectivity index (χ4n) is 3.81. The van der Waals surface area contributed by atoms with E-state index in [0.717, 1.165) is 30.1 Å². The second-order valence-corrected chi connectivity index (χ2v) is 6.60. The van der Waals surface area contributed by atoms with Crippen LogP contribution < -0.4 is 4.90 Å². The first-order valence-electron chi connectivity index (χ1n) is 8.33. The zero-order valence-corrected chi connectivity index (χ0v) is 13.7. The molecule has 0 amide bonds. The van der Waals surface area contributed by atoms with E-state index in [4.69, 9.17) is 0 Å². The van der Waals surface area contributed by atoms with Gasteiger partial charge >= 0.3 is 0 Å². The first-order chi connectivity index (χ1) is 11.2. The van der Waals surface area contributed by atoms with Crippen molar-refractivity contribution in [2.24, 2.45) is 5.92 Å². The molecule has 3 aromatic rings. The highest BCUT2D eigenvalue weighted by molar-refractivity contribution is 5.69.